The van der Waals surface area contributed by atoms with E-state index >= 15 is 0 Å². The van der Waals surface area contributed by atoms with E-state index in [1.54, 1.807) is 7.05 Å². The van der Waals surface area contributed by atoms with Gasteiger partial charge in [0.2, 0.25) is 0 Å². The topological polar surface area (TPSA) is 44.7 Å². The number of rotatable bonds is 6. The van der Waals surface area contributed by atoms with Gasteiger partial charge in [-0.15, -0.1) is 4.05 Å². The minimum atomic E-state index is -0.300. The Balaban J connectivity index is 1.56. The van der Waals surface area contributed by atoms with Gasteiger partial charge >= 0.3 is 0 Å². The molecule has 0 spiro atoms. The van der Waals surface area contributed by atoms with Gasteiger partial charge in [-0.05, 0) is 30.8 Å². The van der Waals surface area contributed by atoms with Gasteiger partial charge in [0.05, 0.1) is 18.9 Å². The molecular formula is C17H28N3O2S+. The number of nitrogens with zero attached hydrogens (tertiary/aromatic N) is 2. The SMILES string of the molecule is CCN1CCNC(COc2ccc(C3([N+](C)(O)S)CC3)cc2)C1. The Bertz CT molecular complexity index is 526. The summed E-state index contributed by atoms with van der Waals surface area (Å²) in [6.07, 6.45) is 1.92. The van der Waals surface area contributed by atoms with Crippen LogP contribution < -0.4 is 10.1 Å². The summed E-state index contributed by atoms with van der Waals surface area (Å²) in [5.41, 5.74) is 0.867. The van der Waals surface area contributed by atoms with Crippen molar-refractivity contribution in [3.63, 3.8) is 0 Å². The third kappa shape index (κ3) is 3.67. The van der Waals surface area contributed by atoms with Crippen LogP contribution in [0.5, 0.6) is 5.75 Å². The third-order valence-electron chi connectivity index (χ3n) is 5.16. The molecule has 1 aromatic carbocycles. The molecule has 2 unspecified atom stereocenters. The Kier molecular flexibility index (Phi) is 4.90. The number of hydrogen-bond donors (Lipinski definition) is 3. The van der Waals surface area contributed by atoms with Crippen molar-refractivity contribution in [2.24, 2.45) is 0 Å². The lowest BCUT2D eigenvalue weighted by atomic mass is 10.0. The fourth-order valence-corrected chi connectivity index (χ4v) is 3.74. The van der Waals surface area contributed by atoms with Crippen molar-refractivity contribution in [2.45, 2.75) is 31.3 Å². The van der Waals surface area contributed by atoms with Crippen molar-refractivity contribution in [3.8, 4) is 5.75 Å². The molecule has 5 nitrogen and oxygen atoms in total. The molecule has 1 aliphatic heterocycles. The van der Waals surface area contributed by atoms with E-state index in [0.717, 1.165) is 50.3 Å². The Labute approximate surface area is 144 Å². The van der Waals surface area contributed by atoms with E-state index in [9.17, 15) is 5.21 Å². The standard InChI is InChI=1S/C17H28N3O2S/c1-3-19-11-10-18-15(12-19)13-22-16-6-4-14(5-7-16)17(8-9-17)20(2,21)23/h4-7,15,18,21,23H,3,8-13H2,1-2H3/q+1. The van der Waals surface area contributed by atoms with E-state index in [2.05, 4.69) is 42.1 Å². The Morgan fingerprint density at radius 1 is 1.39 bits per heavy atom. The van der Waals surface area contributed by atoms with Crippen LogP contribution in [0.2, 0.25) is 0 Å². The molecule has 1 heterocycles. The van der Waals surface area contributed by atoms with Gasteiger partial charge in [0.15, 0.2) is 5.54 Å². The Hall–Kier alpha value is -0.790. The highest BCUT2D eigenvalue weighted by Gasteiger charge is 2.59. The van der Waals surface area contributed by atoms with E-state index in [0.29, 0.717) is 12.6 Å². The van der Waals surface area contributed by atoms with Crippen LogP contribution in [0.15, 0.2) is 24.3 Å². The van der Waals surface area contributed by atoms with Crippen LogP contribution in [0.3, 0.4) is 0 Å². The monoisotopic (exact) mass is 338 g/mol. The second-order valence-corrected chi connectivity index (χ2v) is 7.60. The molecule has 0 bridgehead atoms. The summed E-state index contributed by atoms with van der Waals surface area (Å²) in [7, 11) is 1.72. The number of piperazine rings is 1. The molecule has 0 aromatic heterocycles. The number of likely N-dealkylation sites (N-methyl/N-ethyl adjacent to an activating group) is 1. The lowest BCUT2D eigenvalue weighted by Crippen LogP contribution is -2.52. The van der Waals surface area contributed by atoms with Gasteiger partial charge in [0, 0.05) is 38.0 Å². The molecule has 2 atom stereocenters. The molecule has 3 rings (SSSR count). The molecule has 1 aromatic rings. The van der Waals surface area contributed by atoms with Crippen molar-refractivity contribution in [1.29, 1.82) is 0 Å². The summed E-state index contributed by atoms with van der Waals surface area (Å²) >= 11 is 4.31. The normalized spacial score (nSPS) is 26.5. The molecular weight excluding hydrogens is 310 g/mol. The highest BCUT2D eigenvalue weighted by atomic mass is 32.1. The molecule has 0 amide bonds. The molecule has 2 fully saturated rings. The van der Waals surface area contributed by atoms with Crippen LogP contribution in [0.1, 0.15) is 25.3 Å². The number of ether oxygens (including phenoxy) is 1. The number of thiol groups is 1. The third-order valence-corrected chi connectivity index (χ3v) is 5.55. The molecule has 1 saturated heterocycles. The summed E-state index contributed by atoms with van der Waals surface area (Å²) in [6.45, 7) is 7.16. The zero-order chi connectivity index (χ0) is 16.5. The zero-order valence-electron chi connectivity index (χ0n) is 14.0. The molecule has 2 aliphatic rings. The summed E-state index contributed by atoms with van der Waals surface area (Å²) in [5, 5.41) is 13.7. The molecule has 128 valence electrons. The largest absolute Gasteiger partial charge is 0.492 e. The molecule has 23 heavy (non-hydrogen) atoms. The second kappa shape index (κ2) is 6.61. The summed E-state index contributed by atoms with van der Waals surface area (Å²) in [6, 6.07) is 8.49. The lowest BCUT2D eigenvalue weighted by Gasteiger charge is -2.32. The van der Waals surface area contributed by atoms with E-state index in [4.69, 9.17) is 4.74 Å². The van der Waals surface area contributed by atoms with Crippen LogP contribution in [0.25, 0.3) is 0 Å². The van der Waals surface area contributed by atoms with E-state index in [1.165, 1.54) is 0 Å². The number of hydrogen-bond acceptors (Lipinski definition) is 5. The van der Waals surface area contributed by atoms with Crippen LogP contribution >= 0.6 is 12.8 Å². The number of benzene rings is 1. The first-order chi connectivity index (χ1) is 10.9. The second-order valence-electron chi connectivity index (χ2n) is 6.82. The fourth-order valence-electron chi connectivity index (χ4n) is 3.43. The van der Waals surface area contributed by atoms with Gasteiger partial charge in [-0.2, -0.15) is 0 Å². The maximum atomic E-state index is 10.2. The first kappa shape index (κ1) is 17.0. The summed E-state index contributed by atoms with van der Waals surface area (Å²) in [4.78, 5) is 2.44. The number of nitrogens with one attached hydrogen (secondary N) is 1. The van der Waals surface area contributed by atoms with Crippen molar-refractivity contribution < 1.29 is 14.0 Å². The van der Waals surface area contributed by atoms with E-state index in [1.807, 2.05) is 12.1 Å². The first-order valence-electron chi connectivity index (χ1n) is 8.46. The maximum Gasteiger partial charge on any atom is 0.166 e. The Morgan fingerprint density at radius 3 is 2.65 bits per heavy atom. The van der Waals surface area contributed by atoms with Crippen LogP contribution in [0, 0.1) is 0 Å². The minimum Gasteiger partial charge on any atom is -0.492 e. The van der Waals surface area contributed by atoms with E-state index < -0.39 is 0 Å². The highest BCUT2D eigenvalue weighted by Crippen LogP contribution is 2.54. The van der Waals surface area contributed by atoms with Crippen LogP contribution in [0.4, 0.5) is 0 Å². The number of quaternary nitrogens is 1. The van der Waals surface area contributed by atoms with Gasteiger partial charge in [-0.3, -0.25) is 0 Å². The first-order valence-corrected chi connectivity index (χ1v) is 8.86. The maximum absolute atomic E-state index is 10.2. The quantitative estimate of drug-likeness (QED) is 0.422. The summed E-state index contributed by atoms with van der Waals surface area (Å²) < 4.78 is 5.64. The summed E-state index contributed by atoms with van der Waals surface area (Å²) in [5.74, 6) is 0.881. The van der Waals surface area contributed by atoms with Crippen LogP contribution in [-0.2, 0) is 5.54 Å². The van der Waals surface area contributed by atoms with E-state index in [-0.39, 0.29) is 9.59 Å². The van der Waals surface area contributed by atoms with Gasteiger partial charge in [-0.1, -0.05) is 6.92 Å². The average molecular weight is 338 g/mol. The predicted octanol–water partition coefficient (Wildman–Crippen LogP) is 2.03. The molecule has 1 saturated carbocycles. The smallest absolute Gasteiger partial charge is 0.166 e. The fraction of sp³-hybridized carbons (Fsp3) is 0.647. The van der Waals surface area contributed by atoms with Gasteiger partial charge in [0.25, 0.3) is 0 Å². The highest BCUT2D eigenvalue weighted by molar-refractivity contribution is 7.74. The van der Waals surface area contributed by atoms with Crippen molar-refractivity contribution in [3.05, 3.63) is 29.8 Å². The minimum absolute atomic E-state index is 0.256. The number of hydroxylamine groups is 2. The van der Waals surface area contributed by atoms with Gasteiger partial charge in [-0.25, -0.2) is 5.21 Å². The van der Waals surface area contributed by atoms with Crippen molar-refractivity contribution in [1.82, 2.24) is 10.2 Å². The lowest BCUT2D eigenvalue weighted by molar-refractivity contribution is -1.01. The van der Waals surface area contributed by atoms with Gasteiger partial charge in [0.1, 0.15) is 19.4 Å². The average Bonchev–Trinajstić information content (AvgIpc) is 3.35. The zero-order valence-corrected chi connectivity index (χ0v) is 14.9. The molecule has 6 heteroatoms. The van der Waals surface area contributed by atoms with Crippen molar-refractivity contribution in [2.75, 3.05) is 39.8 Å². The van der Waals surface area contributed by atoms with Crippen molar-refractivity contribution >= 4 is 12.8 Å². The molecule has 2 N–H and O–H groups in total. The van der Waals surface area contributed by atoms with Gasteiger partial charge < -0.3 is 15.0 Å². The molecule has 1 aliphatic carbocycles. The Morgan fingerprint density at radius 2 is 2.09 bits per heavy atom. The predicted molar refractivity (Wildman–Crippen MR) is 93.7 cm³/mol. The van der Waals surface area contributed by atoms with Crippen LogP contribution in [-0.4, -0.2) is 60.0 Å². The molecule has 0 radical (unpaired) electrons.